The number of fused-ring (bicyclic) bond motifs is 27. The lowest BCUT2D eigenvalue weighted by molar-refractivity contribution is 0.590. The summed E-state index contributed by atoms with van der Waals surface area (Å²) in [6.45, 7) is 19.1. The van der Waals surface area contributed by atoms with Gasteiger partial charge < -0.3 is 27.6 Å². The number of rotatable bonds is 6. The third kappa shape index (κ3) is 9.89. The highest BCUT2D eigenvalue weighted by Gasteiger charge is 2.46. The number of nitrogens with zero attached hydrogens (tertiary/aromatic N) is 6. The highest BCUT2D eigenvalue weighted by Crippen LogP contribution is 2.56. The summed E-state index contributed by atoms with van der Waals surface area (Å²) in [5, 5.41) is 10.9. The van der Waals surface area contributed by atoms with Crippen molar-refractivity contribution in [1.82, 2.24) is 22.7 Å². The van der Waals surface area contributed by atoms with Gasteiger partial charge in [0.25, 0.3) is 6.71 Å². The zero-order chi connectivity index (χ0) is 94.9. The summed E-state index contributed by atoms with van der Waals surface area (Å²) in [5.41, 5.74) is 18.1. The summed E-state index contributed by atoms with van der Waals surface area (Å²) in [7, 11) is 0. The van der Waals surface area contributed by atoms with Gasteiger partial charge in [-0.1, -0.05) is 299 Å². The fourth-order valence-corrected chi connectivity index (χ4v) is 20.6. The van der Waals surface area contributed by atoms with Crippen LogP contribution in [0.5, 0.6) is 0 Å². The molecule has 0 N–H and O–H groups in total. The molecule has 574 valence electrons. The monoisotopic (exact) mass is 1560 g/mol. The van der Waals surface area contributed by atoms with Crippen molar-refractivity contribution in [3.05, 3.63) is 368 Å². The van der Waals surface area contributed by atoms with Crippen molar-refractivity contribution < 1.29 is 21.9 Å². The van der Waals surface area contributed by atoms with Gasteiger partial charge in [0.1, 0.15) is 0 Å². The highest BCUT2D eigenvalue weighted by molar-refractivity contribution is 7.00. The van der Waals surface area contributed by atoms with Crippen molar-refractivity contribution in [2.45, 2.75) is 78.6 Å². The zero-order valence-corrected chi connectivity index (χ0v) is 68.0. The van der Waals surface area contributed by atoms with E-state index in [1.165, 1.54) is 11.1 Å². The van der Waals surface area contributed by atoms with Gasteiger partial charge in [0.15, 0.2) is 0 Å². The van der Waals surface area contributed by atoms with Gasteiger partial charge in [-0.05, 0) is 197 Å². The Balaban J connectivity index is 0.954. The summed E-state index contributed by atoms with van der Waals surface area (Å²) in [4.78, 5) is 2.41. The van der Waals surface area contributed by atoms with Gasteiger partial charge in [0.05, 0.1) is 88.5 Å². The predicted molar refractivity (Wildman–Crippen MR) is 517 cm³/mol. The number of hydrogen-bond donors (Lipinski definition) is 0. The van der Waals surface area contributed by atoms with Crippen molar-refractivity contribution in [2.75, 3.05) is 4.90 Å². The van der Waals surface area contributed by atoms with Crippen LogP contribution < -0.4 is 21.3 Å². The highest BCUT2D eigenvalue weighted by atomic mass is 15.2. The molecule has 0 amide bonds. The van der Waals surface area contributed by atoms with E-state index in [1.54, 1.807) is 9.13 Å². The van der Waals surface area contributed by atoms with Gasteiger partial charge in [-0.3, -0.25) is 0 Å². The van der Waals surface area contributed by atoms with Crippen LogP contribution in [-0.2, 0) is 16.2 Å². The first-order valence-electron chi connectivity index (χ1n) is 49.5. The number of benzene rings is 17. The van der Waals surface area contributed by atoms with Crippen LogP contribution in [0.1, 0.15) is 101 Å². The van der Waals surface area contributed by atoms with Crippen molar-refractivity contribution >= 4 is 187 Å². The summed E-state index contributed by atoms with van der Waals surface area (Å²) in [6.07, 6.45) is 0. The second-order valence-electron chi connectivity index (χ2n) is 35.9. The topological polar surface area (TPSA) is 27.4 Å². The molecule has 8 heterocycles. The third-order valence-corrected chi connectivity index (χ3v) is 26.1. The van der Waals surface area contributed by atoms with E-state index >= 15 is 0 Å². The average molecular weight is 1570 g/mol. The second-order valence-corrected chi connectivity index (χ2v) is 35.9. The Kier molecular flexibility index (Phi) is 11.5. The third-order valence-electron chi connectivity index (χ3n) is 26.1. The maximum atomic E-state index is 10.2. The molecule has 6 aromatic heterocycles. The standard InChI is InChI=1S/C114H85BN6/c1-112(2,3)70-51-56-100-89(59-70)90-60-71(113(4,5)6)52-57-101(90)116(100)73-54-58-102-91(63-73)92-64-75(118-97-48-27-23-42-83(97)84-43-24-28-49-98(84)118)65-94-110(92)120(102)105-67-104-106(86-45-30-44-85-79-38-19-17-36-77(79)76-35-16-18-37-78(76)80-39-20-29-50-99(80)119(104)108(85)86)111-107(105)115(94)93-55-53-74(117-95-46-25-21-40-81(95)82-41-22-26-47-96(82)117)66-103(93)121(111)109-87(68-31-12-10-13-32-68)61-72(114(7,8)9)62-88(109)69-33-14-11-15-34-69/h10-67H,1-9H3/i21D,22D,23D,24D,25D,26D,27D,28D,40D,41D,42D,43D,46D,47D,48D,49D. The minimum Gasteiger partial charge on any atom is -0.310 e. The van der Waals surface area contributed by atoms with E-state index in [0.29, 0.717) is 27.7 Å². The van der Waals surface area contributed by atoms with Crippen LogP contribution in [0.3, 0.4) is 0 Å². The van der Waals surface area contributed by atoms with Crippen LogP contribution in [-0.4, -0.2) is 29.4 Å². The molecule has 2 aliphatic rings. The van der Waals surface area contributed by atoms with Gasteiger partial charge in [-0.2, -0.15) is 0 Å². The molecule has 0 saturated heterocycles. The SMILES string of the molecule is [2H]c1c([2H])c([2H])c2c(c1[2H])c1c([2H])c([2H])c([2H])c([2H])c1n2-c1ccc2c(c1)N(c1c(-c3ccccc3)cc(C(C)(C)C)cc1-c1ccccc1)c1c3c(cc4c1c1cccc5c6ccccc6c6ccccc6c6ccccc6n4c51)-n1c4ccc(-n5c6ccc(C(C)(C)C)cc6c6cc(C(C)(C)C)ccc65)cc4c4cc(-n5c6c([2H])c([2H])c([2H])c([2H])c6c6c([2H])c([2H])c([2H])c([2H])c65)cc(c41)B23. The van der Waals surface area contributed by atoms with Crippen molar-refractivity contribution in [2.24, 2.45) is 0 Å². The molecule has 7 heteroatoms. The number of hydrogen-bond acceptors (Lipinski definition) is 1. The van der Waals surface area contributed by atoms with Gasteiger partial charge in [0, 0.05) is 110 Å². The lowest BCUT2D eigenvalue weighted by Gasteiger charge is -2.43. The van der Waals surface area contributed by atoms with Crippen molar-refractivity contribution in [3.8, 4) is 45.0 Å². The smallest absolute Gasteiger partial charge is 0.252 e. The van der Waals surface area contributed by atoms with Crippen LogP contribution in [0.15, 0.2) is 351 Å². The molecular formula is C114H85BN6. The first-order valence-corrected chi connectivity index (χ1v) is 41.5. The maximum absolute atomic E-state index is 10.2. The van der Waals surface area contributed by atoms with Crippen LogP contribution in [0, 0.1) is 0 Å². The molecule has 2 aliphatic heterocycles. The largest absolute Gasteiger partial charge is 0.310 e. The first kappa shape index (κ1) is 55.3. The first-order chi connectivity index (χ1) is 65.6. The minimum absolute atomic E-state index is 0.0639. The van der Waals surface area contributed by atoms with Gasteiger partial charge >= 0.3 is 0 Å². The summed E-state index contributed by atoms with van der Waals surface area (Å²) in [6, 6.07) is 82.1. The van der Waals surface area contributed by atoms with E-state index in [1.807, 2.05) is 66.7 Å². The Labute approximate surface area is 724 Å². The van der Waals surface area contributed by atoms with Crippen LogP contribution in [0.2, 0.25) is 0 Å². The zero-order valence-electron chi connectivity index (χ0n) is 84.0. The Morgan fingerprint density at radius 2 is 0.686 bits per heavy atom. The molecule has 0 spiro atoms. The van der Waals surface area contributed by atoms with Crippen LogP contribution >= 0.6 is 0 Å². The molecule has 0 aliphatic carbocycles. The lowest BCUT2D eigenvalue weighted by Crippen LogP contribution is -2.60. The second kappa shape index (κ2) is 25.1. The average Bonchev–Trinajstić information content (AvgIpc) is 1.52. The molecule has 0 saturated carbocycles. The molecular weight excluding hydrogens is 1460 g/mol. The molecule has 6 nitrogen and oxygen atoms in total. The fraction of sp³-hybridized carbons (Fsp3) is 0.105. The van der Waals surface area contributed by atoms with E-state index < -0.39 is 109 Å². The quantitative estimate of drug-likeness (QED) is 0.152. The molecule has 121 heavy (non-hydrogen) atoms. The van der Waals surface area contributed by atoms with Gasteiger partial charge in [0.2, 0.25) is 0 Å². The van der Waals surface area contributed by atoms with E-state index in [4.69, 9.17) is 0 Å². The molecule has 0 unspecified atom stereocenters. The van der Waals surface area contributed by atoms with Crippen LogP contribution in [0.25, 0.3) is 192 Å². The Bertz CT molecular complexity index is 9290. The Morgan fingerprint density at radius 3 is 1.24 bits per heavy atom. The molecule has 17 aromatic carbocycles. The normalized spacial score (nSPS) is 15.0. The summed E-state index contributed by atoms with van der Waals surface area (Å²) in [5.74, 6) is 0. The fourth-order valence-electron chi connectivity index (χ4n) is 20.6. The summed E-state index contributed by atoms with van der Waals surface area (Å²) >= 11 is 0. The van der Waals surface area contributed by atoms with E-state index in [9.17, 15) is 21.9 Å². The molecule has 0 atom stereocenters. The Hall–Kier alpha value is -14.4. The maximum Gasteiger partial charge on any atom is 0.252 e. The Morgan fingerprint density at radius 1 is 0.256 bits per heavy atom. The number of para-hydroxylation sites is 6. The van der Waals surface area contributed by atoms with Crippen molar-refractivity contribution in [3.63, 3.8) is 0 Å². The molecule has 0 fully saturated rings. The molecule has 23 aromatic rings. The molecule has 0 bridgehead atoms. The molecule has 0 radical (unpaired) electrons. The van der Waals surface area contributed by atoms with E-state index in [0.717, 1.165) is 154 Å². The summed E-state index contributed by atoms with van der Waals surface area (Å²) < 4.78 is 166. The van der Waals surface area contributed by atoms with Crippen LogP contribution in [0.4, 0.5) is 17.1 Å². The molecule has 25 rings (SSSR count). The predicted octanol–water partition coefficient (Wildman–Crippen LogP) is 28.5. The van der Waals surface area contributed by atoms with E-state index in [-0.39, 0.29) is 60.1 Å². The number of aromatic nitrogens is 5. The van der Waals surface area contributed by atoms with Crippen molar-refractivity contribution in [1.29, 1.82) is 0 Å². The van der Waals surface area contributed by atoms with E-state index in [2.05, 4.69) is 269 Å². The van der Waals surface area contributed by atoms with Gasteiger partial charge in [-0.15, -0.1) is 0 Å². The lowest BCUT2D eigenvalue weighted by atomic mass is 9.33. The van der Waals surface area contributed by atoms with Gasteiger partial charge in [-0.25, -0.2) is 0 Å². The number of anilines is 3. The minimum atomic E-state index is -0.937.